The topological polar surface area (TPSA) is 105 Å². The van der Waals surface area contributed by atoms with Gasteiger partial charge in [0.2, 0.25) is 0 Å². The first-order valence-corrected chi connectivity index (χ1v) is 11.5. The number of hydroxylamine groups is 2. The number of aromatic nitrogens is 1. The van der Waals surface area contributed by atoms with Crippen LogP contribution in [0.25, 0.3) is 0 Å². The van der Waals surface area contributed by atoms with Crippen molar-refractivity contribution in [3.8, 4) is 0 Å². The summed E-state index contributed by atoms with van der Waals surface area (Å²) in [7, 11) is 1.55. The van der Waals surface area contributed by atoms with E-state index in [2.05, 4.69) is 20.9 Å². The van der Waals surface area contributed by atoms with Crippen LogP contribution in [0.15, 0.2) is 42.6 Å². The van der Waals surface area contributed by atoms with Crippen molar-refractivity contribution in [1.29, 1.82) is 0 Å². The van der Waals surface area contributed by atoms with Crippen LogP contribution in [-0.4, -0.2) is 48.0 Å². The molecule has 0 bridgehead atoms. The van der Waals surface area contributed by atoms with Crippen molar-refractivity contribution in [3.63, 3.8) is 0 Å². The number of carbonyl (C=O) groups excluding carboxylic acids is 2. The van der Waals surface area contributed by atoms with Crippen molar-refractivity contribution >= 4 is 23.5 Å². The molecule has 176 valence electrons. The lowest BCUT2D eigenvalue weighted by atomic mass is 10.1. The maximum absolute atomic E-state index is 13.2. The lowest BCUT2D eigenvalue weighted by molar-refractivity contribution is -0.121. The maximum atomic E-state index is 13.2. The Bertz CT molecular complexity index is 957. The minimum atomic E-state index is -0.533. The second-order valence-corrected chi connectivity index (χ2v) is 8.32. The maximum Gasteiger partial charge on any atom is 0.414 e. The summed E-state index contributed by atoms with van der Waals surface area (Å²) >= 11 is 0. The van der Waals surface area contributed by atoms with Crippen LogP contribution in [0.3, 0.4) is 0 Å². The van der Waals surface area contributed by atoms with Gasteiger partial charge in [0, 0.05) is 18.4 Å². The number of nitrogens with one attached hydrogen (secondary N) is 3. The zero-order chi connectivity index (χ0) is 23.0. The van der Waals surface area contributed by atoms with Gasteiger partial charge in [-0.3, -0.25) is 20.3 Å². The molecule has 1 saturated heterocycles. The summed E-state index contributed by atoms with van der Waals surface area (Å²) in [6, 6.07) is 11.2. The van der Waals surface area contributed by atoms with Crippen LogP contribution in [0.4, 0.5) is 16.3 Å². The van der Waals surface area contributed by atoms with Gasteiger partial charge in [-0.05, 0) is 62.1 Å². The zero-order valence-corrected chi connectivity index (χ0v) is 18.9. The number of nitrogens with zero attached hydrogens (tertiary/aromatic N) is 2. The van der Waals surface area contributed by atoms with Gasteiger partial charge < -0.3 is 10.1 Å². The average molecular weight is 454 g/mol. The first-order valence-electron chi connectivity index (χ1n) is 11.5. The number of carbonyl (C=O) groups is 2. The highest BCUT2D eigenvalue weighted by Crippen LogP contribution is 2.27. The van der Waals surface area contributed by atoms with Crippen molar-refractivity contribution < 1.29 is 19.2 Å². The summed E-state index contributed by atoms with van der Waals surface area (Å²) < 4.78 is 5.33. The predicted molar refractivity (Wildman–Crippen MR) is 125 cm³/mol. The van der Waals surface area contributed by atoms with E-state index in [1.54, 1.807) is 25.4 Å². The van der Waals surface area contributed by atoms with Gasteiger partial charge in [0.15, 0.2) is 6.23 Å². The lowest BCUT2D eigenvalue weighted by Crippen LogP contribution is -2.38. The fraction of sp³-hybridized carbons (Fsp3) is 0.458. The summed E-state index contributed by atoms with van der Waals surface area (Å²) in [4.78, 5) is 34.9. The summed E-state index contributed by atoms with van der Waals surface area (Å²) in [5.74, 6) is 0.265. The molecule has 1 atom stereocenters. The van der Waals surface area contributed by atoms with E-state index in [9.17, 15) is 9.59 Å². The van der Waals surface area contributed by atoms with Gasteiger partial charge in [-0.15, -0.1) is 0 Å². The number of amides is 2. The molecular formula is C24H31N5O4. The molecule has 9 heteroatoms. The van der Waals surface area contributed by atoms with Crippen molar-refractivity contribution in [2.45, 2.75) is 57.3 Å². The molecule has 2 aliphatic rings. The Labute approximate surface area is 193 Å². The van der Waals surface area contributed by atoms with E-state index in [4.69, 9.17) is 9.57 Å². The molecule has 9 nitrogen and oxygen atoms in total. The number of benzene rings is 1. The smallest absolute Gasteiger partial charge is 0.414 e. The molecule has 33 heavy (non-hydrogen) atoms. The van der Waals surface area contributed by atoms with Gasteiger partial charge in [0.25, 0.3) is 5.91 Å². The number of anilines is 2. The van der Waals surface area contributed by atoms with Crippen molar-refractivity contribution in [2.24, 2.45) is 0 Å². The van der Waals surface area contributed by atoms with Crippen LogP contribution in [0.5, 0.6) is 0 Å². The molecular weight excluding hydrogens is 422 g/mol. The highest BCUT2D eigenvalue weighted by atomic mass is 16.7. The van der Waals surface area contributed by atoms with Gasteiger partial charge in [0.05, 0.1) is 18.7 Å². The minimum Gasteiger partial charge on any atom is -0.430 e. The second-order valence-electron chi connectivity index (χ2n) is 8.32. The third-order valence-electron chi connectivity index (χ3n) is 6.01. The molecule has 1 aliphatic carbocycles. The van der Waals surface area contributed by atoms with E-state index in [0.29, 0.717) is 17.9 Å². The van der Waals surface area contributed by atoms with E-state index < -0.39 is 6.09 Å². The summed E-state index contributed by atoms with van der Waals surface area (Å²) in [5.41, 5.74) is 2.19. The predicted octanol–water partition coefficient (Wildman–Crippen LogP) is 3.90. The number of pyridine rings is 1. The Kier molecular flexibility index (Phi) is 7.74. The highest BCUT2D eigenvalue weighted by molar-refractivity contribution is 5.99. The Balaban J connectivity index is 1.38. The van der Waals surface area contributed by atoms with Gasteiger partial charge in [-0.25, -0.2) is 14.8 Å². The number of ether oxygens (including phenoxy) is 1. The lowest BCUT2D eigenvalue weighted by Gasteiger charge is -2.27. The fourth-order valence-electron chi connectivity index (χ4n) is 4.35. The van der Waals surface area contributed by atoms with Crippen LogP contribution >= 0.6 is 0 Å². The van der Waals surface area contributed by atoms with Crippen LogP contribution in [-0.2, 0) is 16.1 Å². The quantitative estimate of drug-likeness (QED) is 0.521. The van der Waals surface area contributed by atoms with E-state index in [0.717, 1.165) is 56.3 Å². The van der Waals surface area contributed by atoms with Crippen molar-refractivity contribution in [2.75, 3.05) is 24.3 Å². The number of para-hydroxylation sites is 1. The Morgan fingerprint density at radius 1 is 1.15 bits per heavy atom. The van der Waals surface area contributed by atoms with E-state index >= 15 is 0 Å². The van der Waals surface area contributed by atoms with Gasteiger partial charge in [-0.2, -0.15) is 0 Å². The number of hydrogen-bond acceptors (Lipinski definition) is 7. The first-order chi connectivity index (χ1) is 16.1. The molecule has 1 unspecified atom stereocenters. The van der Waals surface area contributed by atoms with Gasteiger partial charge >= 0.3 is 6.09 Å². The third-order valence-corrected chi connectivity index (χ3v) is 6.01. The standard InChI is InChI=1S/C24H31N5O4/c1-32-29(18-7-2-3-8-18)23(30)19-9-4-5-10-20(19)27-16-17-12-14-25-21(15-17)28-24(31)33-22-11-6-13-26-22/h4-5,9-10,12,14-15,18,22,26-27H,2-3,6-8,11,13,16H2,1H3,(H,25,28,31). The molecule has 1 aliphatic heterocycles. The van der Waals surface area contributed by atoms with Crippen LogP contribution < -0.4 is 16.0 Å². The molecule has 2 heterocycles. The van der Waals surface area contributed by atoms with Crippen molar-refractivity contribution in [1.82, 2.24) is 15.4 Å². The molecule has 1 aromatic carbocycles. The normalized spacial score (nSPS) is 18.2. The van der Waals surface area contributed by atoms with E-state index in [1.807, 2.05) is 24.3 Å². The molecule has 4 rings (SSSR count). The monoisotopic (exact) mass is 453 g/mol. The molecule has 0 spiro atoms. The molecule has 3 N–H and O–H groups in total. The average Bonchev–Trinajstić information content (AvgIpc) is 3.53. The fourth-order valence-corrected chi connectivity index (χ4v) is 4.35. The zero-order valence-electron chi connectivity index (χ0n) is 18.9. The Morgan fingerprint density at radius 2 is 1.97 bits per heavy atom. The Hall–Kier alpha value is -3.17. The molecule has 1 aromatic heterocycles. The summed E-state index contributed by atoms with van der Waals surface area (Å²) in [6.45, 7) is 1.31. The van der Waals surface area contributed by atoms with E-state index in [1.165, 1.54) is 5.06 Å². The van der Waals surface area contributed by atoms with Crippen LogP contribution in [0.1, 0.15) is 54.4 Å². The minimum absolute atomic E-state index is 0.114. The summed E-state index contributed by atoms with van der Waals surface area (Å²) in [5, 5.41) is 10.6. The van der Waals surface area contributed by atoms with Crippen LogP contribution in [0.2, 0.25) is 0 Å². The first kappa shape index (κ1) is 23.0. The van der Waals surface area contributed by atoms with Gasteiger partial charge in [0.1, 0.15) is 5.82 Å². The largest absolute Gasteiger partial charge is 0.430 e. The van der Waals surface area contributed by atoms with E-state index in [-0.39, 0.29) is 18.2 Å². The Morgan fingerprint density at radius 3 is 2.73 bits per heavy atom. The summed E-state index contributed by atoms with van der Waals surface area (Å²) in [6.07, 6.45) is 6.79. The van der Waals surface area contributed by atoms with Crippen molar-refractivity contribution in [3.05, 3.63) is 53.7 Å². The molecule has 2 aromatic rings. The number of rotatable bonds is 8. The third kappa shape index (κ3) is 6.00. The molecule has 2 amide bonds. The molecule has 2 fully saturated rings. The second kappa shape index (κ2) is 11.1. The number of hydrogen-bond donors (Lipinski definition) is 3. The SMILES string of the molecule is CON(C(=O)c1ccccc1NCc1ccnc(NC(=O)OC2CCCN2)c1)C1CCCC1. The highest BCUT2D eigenvalue weighted by Gasteiger charge is 2.29. The van der Waals surface area contributed by atoms with Gasteiger partial charge in [-0.1, -0.05) is 25.0 Å². The van der Waals surface area contributed by atoms with Crippen LogP contribution in [0, 0.1) is 0 Å². The molecule has 0 radical (unpaired) electrons. The molecule has 1 saturated carbocycles.